The molecule has 2 aromatic heterocycles. The van der Waals surface area contributed by atoms with Crippen LogP contribution in [0.5, 0.6) is 0 Å². The maximum atomic E-state index is 13.4. The minimum Gasteiger partial charge on any atom is -0.478 e. The Kier molecular flexibility index (Phi) is 6.15. The minimum absolute atomic E-state index is 0.0307. The van der Waals surface area contributed by atoms with E-state index < -0.39 is 5.97 Å². The number of piperidine rings is 1. The monoisotopic (exact) mass is 428 g/mol. The first-order valence-corrected chi connectivity index (χ1v) is 10.7. The molecule has 0 radical (unpaired) electrons. The fourth-order valence-electron chi connectivity index (χ4n) is 4.31. The summed E-state index contributed by atoms with van der Waals surface area (Å²) in [5, 5.41) is 18.1. The van der Waals surface area contributed by atoms with Crippen LogP contribution in [0.3, 0.4) is 0 Å². The van der Waals surface area contributed by atoms with Crippen LogP contribution in [0.1, 0.15) is 46.4 Å². The summed E-state index contributed by atoms with van der Waals surface area (Å²) >= 11 is 0. The predicted molar refractivity (Wildman–Crippen MR) is 122 cm³/mol. The molecule has 4 rings (SSSR count). The van der Waals surface area contributed by atoms with Crippen molar-refractivity contribution in [2.24, 2.45) is 0 Å². The molecule has 1 aliphatic heterocycles. The quantitative estimate of drug-likeness (QED) is 0.471. The van der Waals surface area contributed by atoms with E-state index in [1.807, 2.05) is 29.7 Å². The van der Waals surface area contributed by atoms with Crippen LogP contribution < -0.4 is 0 Å². The first-order chi connectivity index (χ1) is 15.5. The Morgan fingerprint density at radius 3 is 2.56 bits per heavy atom. The van der Waals surface area contributed by atoms with Crippen LogP contribution in [0.25, 0.3) is 22.8 Å². The fraction of sp³-hybridized carbons (Fsp3) is 0.280. The topological polar surface area (TPSA) is 99.2 Å². The molecule has 162 valence electrons. The summed E-state index contributed by atoms with van der Waals surface area (Å²) in [6.07, 6.45) is 7.55. The Labute approximate surface area is 186 Å². The molecule has 7 heteroatoms. The van der Waals surface area contributed by atoms with Crippen molar-refractivity contribution >= 4 is 28.9 Å². The van der Waals surface area contributed by atoms with E-state index in [9.17, 15) is 9.59 Å². The lowest BCUT2D eigenvalue weighted by molar-refractivity contribution is -0.131. The van der Waals surface area contributed by atoms with Gasteiger partial charge >= 0.3 is 5.97 Å². The Bertz CT molecular complexity index is 1240. The van der Waals surface area contributed by atoms with Gasteiger partial charge in [-0.15, -0.1) is 0 Å². The zero-order valence-corrected chi connectivity index (χ0v) is 17.9. The molecule has 1 fully saturated rings. The number of benzene rings is 1. The Morgan fingerprint density at radius 2 is 1.91 bits per heavy atom. The molecule has 32 heavy (non-hydrogen) atoms. The molecular formula is C25H24N4O3. The fourth-order valence-corrected chi connectivity index (χ4v) is 4.31. The van der Waals surface area contributed by atoms with Gasteiger partial charge in [0.15, 0.2) is 5.78 Å². The summed E-state index contributed by atoms with van der Waals surface area (Å²) in [6.45, 7) is 4.11. The number of rotatable bonds is 6. The molecule has 3 aromatic rings. The molecule has 0 bridgehead atoms. The molecule has 7 nitrogen and oxygen atoms in total. The van der Waals surface area contributed by atoms with Gasteiger partial charge in [0.25, 0.3) is 0 Å². The number of fused-ring (bicyclic) bond motifs is 1. The van der Waals surface area contributed by atoms with E-state index >= 15 is 0 Å². The number of carboxylic acid groups (broad SMARTS) is 1. The van der Waals surface area contributed by atoms with Gasteiger partial charge in [0, 0.05) is 23.7 Å². The maximum Gasteiger partial charge on any atom is 0.328 e. The van der Waals surface area contributed by atoms with Crippen LogP contribution in [-0.4, -0.2) is 50.9 Å². The zero-order chi connectivity index (χ0) is 22.7. The highest BCUT2D eigenvalue weighted by molar-refractivity contribution is 6.09. The number of carbonyl (C=O) groups excluding carboxylic acids is 1. The number of aliphatic carboxylic acids is 1. The van der Waals surface area contributed by atoms with E-state index in [0.29, 0.717) is 28.8 Å². The Hall–Kier alpha value is -3.76. The van der Waals surface area contributed by atoms with E-state index in [1.54, 1.807) is 18.3 Å². The van der Waals surface area contributed by atoms with Crippen molar-refractivity contribution in [3.8, 4) is 11.8 Å². The summed E-state index contributed by atoms with van der Waals surface area (Å²) in [5.41, 5.74) is 4.67. The number of aromatic nitrogens is 2. The molecule has 0 atom stereocenters. The zero-order valence-electron chi connectivity index (χ0n) is 17.9. The van der Waals surface area contributed by atoms with Crippen molar-refractivity contribution in [1.29, 1.82) is 5.26 Å². The maximum absolute atomic E-state index is 13.4. The highest BCUT2D eigenvalue weighted by Gasteiger charge is 2.24. The number of Topliss-reactive ketones (excluding diaryl/α,β-unsaturated/α-hetero) is 1. The first kappa shape index (κ1) is 21.5. The van der Waals surface area contributed by atoms with Crippen molar-refractivity contribution in [1.82, 2.24) is 14.5 Å². The van der Waals surface area contributed by atoms with E-state index in [4.69, 9.17) is 10.4 Å². The number of hydrogen-bond donors (Lipinski definition) is 1. The molecule has 0 spiro atoms. The lowest BCUT2D eigenvalue weighted by Crippen LogP contribution is -2.34. The van der Waals surface area contributed by atoms with Crippen LogP contribution >= 0.6 is 0 Å². The summed E-state index contributed by atoms with van der Waals surface area (Å²) in [6, 6.07) is 11.1. The number of hydrogen-bond acceptors (Lipinski definition) is 5. The second-order valence-corrected chi connectivity index (χ2v) is 8.02. The standard InChI is InChI=1S/C25H24N4O3/c1-17-24(22(30)16-28-11-3-2-4-12-28)25-21(13-19(15-27-25)7-10-23(31)32)29(17)20-8-5-18(14-26)6-9-20/h5-10,13,15H,2-4,11-12,16H2,1H3,(H,31,32)/b10-7+. The van der Waals surface area contributed by atoms with Gasteiger partial charge in [-0.2, -0.15) is 5.26 Å². The van der Waals surface area contributed by atoms with Crippen molar-refractivity contribution in [3.63, 3.8) is 0 Å². The normalized spacial score (nSPS) is 14.6. The van der Waals surface area contributed by atoms with E-state index in [0.717, 1.165) is 48.9 Å². The van der Waals surface area contributed by atoms with Crippen molar-refractivity contribution < 1.29 is 14.7 Å². The third kappa shape index (κ3) is 4.32. The number of carboxylic acids is 1. The lowest BCUT2D eigenvalue weighted by Gasteiger charge is -2.25. The first-order valence-electron chi connectivity index (χ1n) is 10.7. The van der Waals surface area contributed by atoms with Crippen LogP contribution in [0.15, 0.2) is 42.6 Å². The largest absolute Gasteiger partial charge is 0.478 e. The number of nitrogens with zero attached hydrogens (tertiary/aromatic N) is 4. The summed E-state index contributed by atoms with van der Waals surface area (Å²) in [7, 11) is 0. The lowest BCUT2D eigenvalue weighted by atomic mass is 10.1. The third-order valence-corrected chi connectivity index (χ3v) is 5.83. The van der Waals surface area contributed by atoms with Crippen LogP contribution in [-0.2, 0) is 4.79 Å². The second-order valence-electron chi connectivity index (χ2n) is 8.02. The van der Waals surface area contributed by atoms with E-state index in [2.05, 4.69) is 16.0 Å². The minimum atomic E-state index is -1.04. The summed E-state index contributed by atoms with van der Waals surface area (Å²) < 4.78 is 1.95. The number of nitriles is 1. The van der Waals surface area contributed by atoms with Crippen LogP contribution in [0.4, 0.5) is 0 Å². The van der Waals surface area contributed by atoms with Crippen LogP contribution in [0.2, 0.25) is 0 Å². The number of likely N-dealkylation sites (tertiary alicyclic amines) is 1. The highest BCUT2D eigenvalue weighted by Crippen LogP contribution is 2.30. The Balaban J connectivity index is 1.84. The Morgan fingerprint density at radius 1 is 1.19 bits per heavy atom. The highest BCUT2D eigenvalue weighted by atomic mass is 16.4. The van der Waals surface area contributed by atoms with Crippen molar-refractivity contribution in [3.05, 3.63) is 65.0 Å². The third-order valence-electron chi connectivity index (χ3n) is 5.83. The van der Waals surface area contributed by atoms with Gasteiger partial charge in [-0.05, 0) is 74.8 Å². The van der Waals surface area contributed by atoms with Gasteiger partial charge in [0.1, 0.15) is 0 Å². The smallest absolute Gasteiger partial charge is 0.328 e. The summed E-state index contributed by atoms with van der Waals surface area (Å²) in [5.74, 6) is -1.01. The molecule has 1 aliphatic rings. The number of carbonyl (C=O) groups is 2. The second kappa shape index (κ2) is 9.16. The average Bonchev–Trinajstić information content (AvgIpc) is 3.09. The van der Waals surface area contributed by atoms with Gasteiger partial charge in [-0.3, -0.25) is 14.7 Å². The van der Waals surface area contributed by atoms with Gasteiger partial charge in [0.05, 0.1) is 34.8 Å². The van der Waals surface area contributed by atoms with Gasteiger partial charge < -0.3 is 9.67 Å². The van der Waals surface area contributed by atoms with Gasteiger partial charge in [0.2, 0.25) is 0 Å². The average molecular weight is 428 g/mol. The molecule has 0 saturated carbocycles. The summed E-state index contributed by atoms with van der Waals surface area (Å²) in [4.78, 5) is 31.0. The SMILES string of the molecule is Cc1c(C(=O)CN2CCCCC2)c2ncc(/C=C/C(=O)O)cc2n1-c1ccc(C#N)cc1. The molecule has 3 heterocycles. The molecule has 1 saturated heterocycles. The number of ketones is 1. The van der Waals surface area contributed by atoms with Gasteiger partial charge in [-0.1, -0.05) is 6.42 Å². The molecule has 0 amide bonds. The number of pyridine rings is 1. The van der Waals surface area contributed by atoms with Crippen molar-refractivity contribution in [2.75, 3.05) is 19.6 Å². The van der Waals surface area contributed by atoms with Crippen LogP contribution in [0, 0.1) is 18.3 Å². The van der Waals surface area contributed by atoms with Crippen molar-refractivity contribution in [2.45, 2.75) is 26.2 Å². The van der Waals surface area contributed by atoms with E-state index in [1.165, 1.54) is 12.5 Å². The van der Waals surface area contributed by atoms with Gasteiger partial charge in [-0.25, -0.2) is 4.79 Å². The predicted octanol–water partition coefficient (Wildman–Crippen LogP) is 3.97. The molecule has 0 unspecified atom stereocenters. The molecule has 1 N–H and O–H groups in total. The van der Waals surface area contributed by atoms with E-state index in [-0.39, 0.29) is 5.78 Å². The molecular weight excluding hydrogens is 404 g/mol. The molecule has 1 aromatic carbocycles. The molecule has 0 aliphatic carbocycles.